The Morgan fingerprint density at radius 3 is 2.71 bits per heavy atom. The van der Waals surface area contributed by atoms with Gasteiger partial charge in [-0.05, 0) is 59.1 Å². The zero-order valence-electron chi connectivity index (χ0n) is 20.6. The molecule has 1 aromatic carbocycles. The minimum Gasteiger partial charge on any atom is -0.496 e. The number of hydrogen-bond donors (Lipinski definition) is 3. The van der Waals surface area contributed by atoms with Gasteiger partial charge in [0.05, 0.1) is 24.1 Å². The Morgan fingerprint density at radius 2 is 2.03 bits per heavy atom. The molecule has 0 saturated heterocycles. The second-order valence-electron chi connectivity index (χ2n) is 9.61. The Kier molecular flexibility index (Phi) is 4.72. The Hall–Kier alpha value is -3.79. The molecule has 0 spiro atoms. The van der Waals surface area contributed by atoms with Crippen LogP contribution in [-0.2, 0) is 12.8 Å². The lowest BCUT2D eigenvalue weighted by Gasteiger charge is -2.34. The predicted molar refractivity (Wildman–Crippen MR) is 135 cm³/mol. The maximum Gasteiger partial charge on any atom is 0.205 e. The first-order valence-corrected chi connectivity index (χ1v) is 12.0. The first-order valence-electron chi connectivity index (χ1n) is 12.0. The number of rotatable bonds is 4. The summed E-state index contributed by atoms with van der Waals surface area (Å²) < 4.78 is 13.2. The summed E-state index contributed by atoms with van der Waals surface area (Å²) >= 11 is 0. The fourth-order valence-corrected chi connectivity index (χ4v) is 5.54. The highest BCUT2D eigenvalue weighted by Crippen LogP contribution is 2.45. The number of hydrogen-bond acceptors (Lipinski definition) is 8. The van der Waals surface area contributed by atoms with Crippen molar-refractivity contribution in [3.05, 3.63) is 40.4 Å². The molecular weight excluding hydrogens is 444 g/mol. The third-order valence-electron chi connectivity index (χ3n) is 7.11. The van der Waals surface area contributed by atoms with Crippen molar-refractivity contribution in [3.63, 3.8) is 0 Å². The van der Waals surface area contributed by atoms with Crippen LogP contribution in [0.4, 0.5) is 11.6 Å². The van der Waals surface area contributed by atoms with Gasteiger partial charge in [-0.3, -0.25) is 4.90 Å². The van der Waals surface area contributed by atoms with Crippen molar-refractivity contribution in [1.82, 2.24) is 19.9 Å². The van der Waals surface area contributed by atoms with Gasteiger partial charge in [0.15, 0.2) is 0 Å². The van der Waals surface area contributed by atoms with E-state index in [1.54, 1.807) is 7.11 Å². The molecule has 1 aliphatic carbocycles. The number of aromatic nitrogens is 4. The second-order valence-corrected chi connectivity index (χ2v) is 9.61. The number of H-pyrrole nitrogens is 1. The summed E-state index contributed by atoms with van der Waals surface area (Å²) in [5.74, 6) is 3.40. The minimum absolute atomic E-state index is 0.165. The van der Waals surface area contributed by atoms with Crippen molar-refractivity contribution < 1.29 is 9.26 Å². The van der Waals surface area contributed by atoms with Gasteiger partial charge in [-0.25, -0.2) is 4.68 Å². The zero-order chi connectivity index (χ0) is 24.6. The van der Waals surface area contributed by atoms with Gasteiger partial charge in [0.1, 0.15) is 29.3 Å². The number of nitrogens with two attached hydrogens (primary N) is 2. The van der Waals surface area contributed by atoms with Crippen molar-refractivity contribution >= 4 is 28.5 Å². The van der Waals surface area contributed by atoms with Gasteiger partial charge in [-0.15, -0.1) is 0 Å². The summed E-state index contributed by atoms with van der Waals surface area (Å²) in [7, 11) is 1.66. The highest BCUT2D eigenvalue weighted by Gasteiger charge is 2.37. The number of aryl methyl sites for hydroxylation is 3. The number of aliphatic imine (C=N–C) groups is 1. The van der Waals surface area contributed by atoms with Gasteiger partial charge in [-0.1, -0.05) is 5.16 Å². The first-order chi connectivity index (χ1) is 16.8. The molecule has 4 heterocycles. The lowest BCUT2D eigenvalue weighted by Crippen LogP contribution is -2.47. The maximum atomic E-state index is 6.96. The quantitative estimate of drug-likeness (QED) is 0.404. The number of ether oxygens (including phenoxy) is 1. The molecule has 0 radical (unpaired) electrons. The first kappa shape index (κ1) is 21.7. The van der Waals surface area contributed by atoms with E-state index in [1.165, 1.54) is 5.56 Å². The van der Waals surface area contributed by atoms with Crippen LogP contribution in [0.15, 0.2) is 21.6 Å². The predicted octanol–water partition coefficient (Wildman–Crippen LogP) is 4.14. The van der Waals surface area contributed by atoms with Gasteiger partial charge in [-0.2, -0.15) is 10.1 Å². The molecule has 1 aliphatic heterocycles. The molecule has 10 heteroatoms. The monoisotopic (exact) mass is 474 g/mol. The fourth-order valence-electron chi connectivity index (χ4n) is 5.54. The molecule has 10 nitrogen and oxygen atoms in total. The van der Waals surface area contributed by atoms with Gasteiger partial charge in [0.25, 0.3) is 0 Å². The number of fused-ring (bicyclic) bond motifs is 4. The summed E-state index contributed by atoms with van der Waals surface area (Å²) in [5, 5.41) is 9.94. The van der Waals surface area contributed by atoms with Gasteiger partial charge < -0.3 is 25.7 Å². The van der Waals surface area contributed by atoms with Gasteiger partial charge in [0, 0.05) is 33.6 Å². The largest absolute Gasteiger partial charge is 0.496 e. The molecule has 35 heavy (non-hydrogen) atoms. The maximum absolute atomic E-state index is 6.96. The molecule has 6 rings (SSSR count). The lowest BCUT2D eigenvalue weighted by atomic mass is 9.99. The highest BCUT2D eigenvalue weighted by atomic mass is 16.5. The molecule has 4 aromatic rings. The number of benzene rings is 1. The highest BCUT2D eigenvalue weighted by molar-refractivity contribution is 6.03. The van der Waals surface area contributed by atoms with Crippen molar-refractivity contribution in [2.45, 2.75) is 59.2 Å². The topological polar surface area (TPSA) is 137 Å². The lowest BCUT2D eigenvalue weighted by molar-refractivity contribution is 0.393. The number of methoxy groups -OCH3 is 1. The van der Waals surface area contributed by atoms with Crippen LogP contribution in [0.3, 0.4) is 0 Å². The minimum atomic E-state index is -0.537. The summed E-state index contributed by atoms with van der Waals surface area (Å²) in [6.07, 6.45) is 2.49. The van der Waals surface area contributed by atoms with E-state index < -0.39 is 6.17 Å². The van der Waals surface area contributed by atoms with E-state index in [0.717, 1.165) is 69.8 Å². The summed E-state index contributed by atoms with van der Waals surface area (Å²) in [6.45, 7) is 8.05. The van der Waals surface area contributed by atoms with E-state index >= 15 is 0 Å². The number of nitrogens with one attached hydrogen (secondary N) is 1. The van der Waals surface area contributed by atoms with E-state index in [9.17, 15) is 0 Å². The van der Waals surface area contributed by atoms with Crippen LogP contribution in [0.2, 0.25) is 0 Å². The fraction of sp³-hybridized carbons (Fsp3) is 0.400. The number of anilines is 1. The molecule has 1 atom stereocenters. The summed E-state index contributed by atoms with van der Waals surface area (Å²) in [4.78, 5) is 10.1. The van der Waals surface area contributed by atoms with E-state index in [4.69, 9.17) is 30.8 Å². The molecule has 0 amide bonds. The van der Waals surface area contributed by atoms with Crippen LogP contribution in [0, 0.1) is 13.8 Å². The molecule has 1 unspecified atom stereocenters. The zero-order valence-corrected chi connectivity index (χ0v) is 20.6. The average molecular weight is 475 g/mol. The molecule has 0 saturated carbocycles. The SMILES string of the molecule is COc1cc2c3c([nH]c2cc1-c1c(C)noc1C)N=C(N)N(c1c2c(nn1C(C)C)CCC2)C3N. The van der Waals surface area contributed by atoms with Gasteiger partial charge >= 0.3 is 0 Å². The third-order valence-corrected chi connectivity index (χ3v) is 7.11. The smallest absolute Gasteiger partial charge is 0.205 e. The van der Waals surface area contributed by atoms with Crippen molar-refractivity contribution in [2.24, 2.45) is 16.5 Å². The van der Waals surface area contributed by atoms with Crippen molar-refractivity contribution in [3.8, 4) is 16.9 Å². The summed E-state index contributed by atoms with van der Waals surface area (Å²) in [6, 6.07) is 4.21. The Labute approximate surface area is 202 Å². The normalized spacial score (nSPS) is 17.3. The van der Waals surface area contributed by atoms with E-state index in [0.29, 0.717) is 17.5 Å². The van der Waals surface area contributed by atoms with Crippen LogP contribution in [0.5, 0.6) is 5.75 Å². The standard InChI is InChI=1S/C25H30N8O2/c1-11(2)33-24(14-7-6-8-17(14)30-33)32-22(26)21-15-10-19(34-5)16(20-12(3)31-35-13(20)4)9-18(15)28-23(21)29-25(32)27/h9-11,22,28H,6-8,26H2,1-5H3,(H2,27,29). The van der Waals surface area contributed by atoms with Crippen LogP contribution in [0.25, 0.3) is 22.0 Å². The second kappa shape index (κ2) is 7.61. The van der Waals surface area contributed by atoms with Crippen LogP contribution < -0.4 is 21.1 Å². The molecular formula is C25H30N8O2. The van der Waals surface area contributed by atoms with Crippen molar-refractivity contribution in [2.75, 3.05) is 12.0 Å². The Bertz CT molecular complexity index is 1490. The molecule has 3 aromatic heterocycles. The summed E-state index contributed by atoms with van der Waals surface area (Å²) in [5.41, 5.74) is 20.2. The number of aromatic amines is 1. The Balaban J connectivity index is 1.54. The van der Waals surface area contributed by atoms with E-state index in [1.807, 2.05) is 35.6 Å². The van der Waals surface area contributed by atoms with Crippen molar-refractivity contribution in [1.29, 1.82) is 0 Å². The molecule has 2 aliphatic rings. The molecule has 5 N–H and O–H groups in total. The molecule has 182 valence electrons. The number of guanidine groups is 1. The average Bonchev–Trinajstić information content (AvgIpc) is 3.56. The Morgan fingerprint density at radius 1 is 1.23 bits per heavy atom. The molecule has 0 fully saturated rings. The van der Waals surface area contributed by atoms with Gasteiger partial charge in [0.2, 0.25) is 5.96 Å². The third kappa shape index (κ3) is 3.02. The van der Waals surface area contributed by atoms with Crippen LogP contribution in [0.1, 0.15) is 60.8 Å². The van der Waals surface area contributed by atoms with Crippen LogP contribution in [-0.4, -0.2) is 33.0 Å². The van der Waals surface area contributed by atoms with E-state index in [-0.39, 0.29) is 6.04 Å². The number of nitrogens with zero attached hydrogens (tertiary/aromatic N) is 5. The van der Waals surface area contributed by atoms with Crippen LogP contribution >= 0.6 is 0 Å². The van der Waals surface area contributed by atoms with E-state index in [2.05, 4.69) is 24.0 Å². The molecule has 0 bridgehead atoms.